The predicted octanol–water partition coefficient (Wildman–Crippen LogP) is 4.10. The van der Waals surface area contributed by atoms with Gasteiger partial charge in [0.15, 0.2) is 0 Å². The molecule has 5 nitrogen and oxygen atoms in total. The topological polar surface area (TPSA) is 63.5 Å². The molecule has 1 heterocycles. The van der Waals surface area contributed by atoms with Gasteiger partial charge in [0.1, 0.15) is 0 Å². The summed E-state index contributed by atoms with van der Waals surface area (Å²) in [4.78, 5) is 25.2. The average molecular weight is 318 g/mol. The molecule has 0 spiro atoms. The third kappa shape index (κ3) is 3.71. The van der Waals surface area contributed by atoms with Gasteiger partial charge in [-0.25, -0.2) is 0 Å². The first kappa shape index (κ1) is 16.2. The summed E-state index contributed by atoms with van der Waals surface area (Å²) in [7, 11) is 0. The Labute approximate surface area is 133 Å². The van der Waals surface area contributed by atoms with E-state index < -0.39 is 4.92 Å². The van der Waals surface area contributed by atoms with Crippen LogP contribution in [0.2, 0.25) is 0 Å². The molecule has 0 radical (unpaired) electrons. The number of thiophene rings is 1. The minimum absolute atomic E-state index is 0.00726. The van der Waals surface area contributed by atoms with Crippen molar-refractivity contribution in [3.8, 4) is 0 Å². The van der Waals surface area contributed by atoms with Crippen molar-refractivity contribution >= 4 is 22.2 Å². The van der Waals surface area contributed by atoms with Crippen LogP contribution in [0.4, 0.5) is 5.00 Å². The zero-order valence-electron chi connectivity index (χ0n) is 12.6. The maximum atomic E-state index is 12.7. The van der Waals surface area contributed by atoms with Crippen molar-refractivity contribution < 1.29 is 9.72 Å². The number of benzene rings is 1. The van der Waals surface area contributed by atoms with Crippen molar-refractivity contribution in [2.24, 2.45) is 0 Å². The van der Waals surface area contributed by atoms with Gasteiger partial charge in [-0.15, -0.1) is 0 Å². The van der Waals surface area contributed by atoms with Crippen molar-refractivity contribution in [1.29, 1.82) is 0 Å². The lowest BCUT2D eigenvalue weighted by Crippen LogP contribution is -2.37. The highest BCUT2D eigenvalue weighted by molar-refractivity contribution is 7.17. The van der Waals surface area contributed by atoms with Gasteiger partial charge in [0, 0.05) is 18.7 Å². The van der Waals surface area contributed by atoms with Crippen LogP contribution in [0.15, 0.2) is 42.5 Å². The zero-order valence-corrected chi connectivity index (χ0v) is 13.4. The summed E-state index contributed by atoms with van der Waals surface area (Å²) in [6, 6.07) is 12.7. The Kier molecular flexibility index (Phi) is 5.27. The molecule has 0 fully saturated rings. The van der Waals surface area contributed by atoms with Crippen molar-refractivity contribution in [3.05, 3.63) is 63.0 Å². The smallest absolute Gasteiger partial charge is 0.324 e. The van der Waals surface area contributed by atoms with Crippen molar-refractivity contribution in [2.75, 3.05) is 0 Å². The number of carbonyl (C=O) groups excluding carboxylic acids is 1. The predicted molar refractivity (Wildman–Crippen MR) is 87.0 cm³/mol. The molecule has 6 heteroatoms. The highest BCUT2D eigenvalue weighted by Gasteiger charge is 2.24. The van der Waals surface area contributed by atoms with E-state index >= 15 is 0 Å². The molecule has 1 amide bonds. The fourth-order valence-electron chi connectivity index (χ4n) is 2.11. The lowest BCUT2D eigenvalue weighted by atomic mass is 10.1. The van der Waals surface area contributed by atoms with Gasteiger partial charge in [-0.2, -0.15) is 0 Å². The first-order valence-electron chi connectivity index (χ1n) is 7.12. The molecule has 1 atom stereocenters. The highest BCUT2D eigenvalue weighted by Crippen LogP contribution is 2.26. The molecule has 116 valence electrons. The monoisotopic (exact) mass is 318 g/mol. The average Bonchev–Trinajstić information content (AvgIpc) is 3.02. The molecule has 0 aliphatic heterocycles. The highest BCUT2D eigenvalue weighted by atomic mass is 32.1. The van der Waals surface area contributed by atoms with Gasteiger partial charge >= 0.3 is 5.00 Å². The van der Waals surface area contributed by atoms with E-state index in [1.165, 1.54) is 12.1 Å². The second-order valence-electron chi connectivity index (χ2n) is 5.07. The summed E-state index contributed by atoms with van der Waals surface area (Å²) in [6.45, 7) is 4.51. The van der Waals surface area contributed by atoms with Crippen LogP contribution >= 0.6 is 11.3 Å². The second-order valence-corrected chi connectivity index (χ2v) is 6.13. The molecule has 1 aromatic carbocycles. The third-order valence-electron chi connectivity index (χ3n) is 3.56. The molecule has 1 aromatic heterocycles. The molecule has 0 aliphatic carbocycles. The van der Waals surface area contributed by atoms with Gasteiger partial charge in [0.05, 0.1) is 9.80 Å². The number of rotatable bonds is 6. The maximum absolute atomic E-state index is 12.7. The molecular weight excluding hydrogens is 300 g/mol. The molecule has 0 saturated carbocycles. The van der Waals surface area contributed by atoms with Gasteiger partial charge in [0.25, 0.3) is 5.91 Å². The summed E-state index contributed by atoms with van der Waals surface area (Å²) in [6.07, 6.45) is 0.825. The summed E-state index contributed by atoms with van der Waals surface area (Å²) < 4.78 is 0. The Morgan fingerprint density at radius 1 is 1.27 bits per heavy atom. The summed E-state index contributed by atoms with van der Waals surface area (Å²) in [5.74, 6) is -0.156. The normalized spacial score (nSPS) is 11.9. The van der Waals surface area contributed by atoms with E-state index in [9.17, 15) is 14.9 Å². The molecule has 0 bridgehead atoms. The molecule has 0 saturated heterocycles. The van der Waals surface area contributed by atoms with Crippen LogP contribution in [-0.4, -0.2) is 21.8 Å². The van der Waals surface area contributed by atoms with E-state index in [4.69, 9.17) is 0 Å². The van der Waals surface area contributed by atoms with Gasteiger partial charge < -0.3 is 4.90 Å². The standard InChI is InChI=1S/C16H18N2O3S/c1-3-12(2)17(11-13-7-5-4-6-8-13)16(19)14-9-10-15(22-14)18(20)21/h4-10,12H,3,11H2,1-2H3. The van der Waals surface area contributed by atoms with E-state index in [1.54, 1.807) is 4.90 Å². The summed E-state index contributed by atoms with van der Waals surface area (Å²) >= 11 is 0.926. The first-order valence-corrected chi connectivity index (χ1v) is 7.93. The van der Waals surface area contributed by atoms with E-state index in [2.05, 4.69) is 0 Å². The number of hydrogen-bond donors (Lipinski definition) is 0. The largest absolute Gasteiger partial charge is 0.331 e. The quantitative estimate of drug-likeness (QED) is 0.595. The van der Waals surface area contributed by atoms with Gasteiger partial charge in [-0.3, -0.25) is 14.9 Å². The number of amides is 1. The summed E-state index contributed by atoms with van der Waals surface area (Å²) in [5, 5.41) is 10.8. The Morgan fingerprint density at radius 2 is 1.95 bits per heavy atom. The Morgan fingerprint density at radius 3 is 2.50 bits per heavy atom. The van der Waals surface area contributed by atoms with Gasteiger partial charge in [-0.1, -0.05) is 48.6 Å². The minimum Gasteiger partial charge on any atom is -0.331 e. The zero-order chi connectivity index (χ0) is 16.1. The molecule has 0 N–H and O–H groups in total. The number of hydrogen-bond acceptors (Lipinski definition) is 4. The van der Waals surface area contributed by atoms with Gasteiger partial charge in [-0.05, 0) is 25.0 Å². The van der Waals surface area contributed by atoms with E-state index in [0.29, 0.717) is 11.4 Å². The minimum atomic E-state index is -0.466. The lowest BCUT2D eigenvalue weighted by Gasteiger charge is -2.28. The fourth-order valence-corrected chi connectivity index (χ4v) is 2.89. The van der Waals surface area contributed by atoms with Crippen LogP contribution in [0, 0.1) is 10.1 Å². The first-order chi connectivity index (χ1) is 10.5. The Bertz CT molecular complexity index is 654. The Balaban J connectivity index is 2.24. The van der Waals surface area contributed by atoms with Crippen LogP contribution in [-0.2, 0) is 6.54 Å². The second kappa shape index (κ2) is 7.17. The molecule has 2 rings (SSSR count). The number of nitro groups is 1. The summed E-state index contributed by atoms with van der Waals surface area (Å²) in [5.41, 5.74) is 1.04. The molecule has 1 unspecified atom stereocenters. The molecule has 22 heavy (non-hydrogen) atoms. The van der Waals surface area contributed by atoms with Crippen LogP contribution in [0.5, 0.6) is 0 Å². The van der Waals surface area contributed by atoms with E-state index in [1.807, 2.05) is 44.2 Å². The van der Waals surface area contributed by atoms with Gasteiger partial charge in [0.2, 0.25) is 0 Å². The van der Waals surface area contributed by atoms with Crippen molar-refractivity contribution in [3.63, 3.8) is 0 Å². The lowest BCUT2D eigenvalue weighted by molar-refractivity contribution is -0.380. The van der Waals surface area contributed by atoms with E-state index in [-0.39, 0.29) is 17.0 Å². The maximum Gasteiger partial charge on any atom is 0.324 e. The SMILES string of the molecule is CCC(C)N(Cc1ccccc1)C(=O)c1ccc([N+](=O)[O-])s1. The molecule has 2 aromatic rings. The van der Waals surface area contributed by atoms with E-state index in [0.717, 1.165) is 23.3 Å². The third-order valence-corrected chi connectivity index (χ3v) is 4.59. The van der Waals surface area contributed by atoms with Crippen LogP contribution < -0.4 is 0 Å². The Hall–Kier alpha value is -2.21. The van der Waals surface area contributed by atoms with Crippen molar-refractivity contribution in [2.45, 2.75) is 32.9 Å². The molecular formula is C16H18N2O3S. The fraction of sp³-hybridized carbons (Fsp3) is 0.312. The van der Waals surface area contributed by atoms with Crippen LogP contribution in [0.1, 0.15) is 35.5 Å². The number of nitrogens with zero attached hydrogens (tertiary/aromatic N) is 2. The van der Waals surface area contributed by atoms with Crippen LogP contribution in [0.25, 0.3) is 0 Å². The number of carbonyl (C=O) groups is 1. The van der Waals surface area contributed by atoms with Crippen LogP contribution in [0.3, 0.4) is 0 Å². The van der Waals surface area contributed by atoms with Crippen molar-refractivity contribution in [1.82, 2.24) is 4.90 Å². The molecule has 0 aliphatic rings.